The van der Waals surface area contributed by atoms with Crippen LogP contribution in [-0.2, 0) is 0 Å². The fourth-order valence-electron chi connectivity index (χ4n) is 2.54. The van der Waals surface area contributed by atoms with E-state index in [1.165, 1.54) is 6.42 Å². The Kier molecular flexibility index (Phi) is 3.60. The van der Waals surface area contributed by atoms with E-state index in [-0.39, 0.29) is 0 Å². The average Bonchev–Trinajstić information content (AvgIpc) is 2.56. The molecule has 1 aliphatic heterocycles. The van der Waals surface area contributed by atoms with Crippen LogP contribution in [0, 0.1) is 11.3 Å². The van der Waals surface area contributed by atoms with Gasteiger partial charge in [0.25, 0.3) is 0 Å². The lowest BCUT2D eigenvalue weighted by atomic mass is 10.1. The zero-order valence-corrected chi connectivity index (χ0v) is 11.3. The zero-order valence-electron chi connectivity index (χ0n) is 11.3. The number of hydrogen-bond donors (Lipinski definition) is 0. The molecule has 1 aliphatic rings. The van der Waals surface area contributed by atoms with E-state index in [2.05, 4.69) is 20.9 Å². The summed E-state index contributed by atoms with van der Waals surface area (Å²) in [4.78, 5) is 11.1. The number of anilines is 1. The molecule has 3 rings (SSSR count). The lowest BCUT2D eigenvalue weighted by Crippen LogP contribution is -2.31. The summed E-state index contributed by atoms with van der Waals surface area (Å²) in [7, 11) is 0. The molecule has 0 atom stereocenters. The third-order valence-corrected chi connectivity index (χ3v) is 3.58. The molecule has 0 unspecified atom stereocenters. The molecule has 0 N–H and O–H groups in total. The van der Waals surface area contributed by atoms with Crippen molar-refractivity contribution in [3.63, 3.8) is 0 Å². The van der Waals surface area contributed by atoms with Crippen molar-refractivity contribution in [1.29, 1.82) is 5.26 Å². The van der Waals surface area contributed by atoms with Crippen LogP contribution in [0.1, 0.15) is 25.0 Å². The first kappa shape index (κ1) is 12.6. The fraction of sp³-hybridized carbons (Fsp3) is 0.312. The topological polar surface area (TPSA) is 52.8 Å². The number of aromatic nitrogens is 2. The van der Waals surface area contributed by atoms with E-state index in [9.17, 15) is 5.26 Å². The first-order valence-corrected chi connectivity index (χ1v) is 6.96. The number of nitrogens with zero attached hydrogens (tertiary/aromatic N) is 4. The van der Waals surface area contributed by atoms with Gasteiger partial charge in [-0.25, -0.2) is 9.97 Å². The van der Waals surface area contributed by atoms with Crippen LogP contribution in [0.3, 0.4) is 0 Å². The lowest BCUT2D eigenvalue weighted by molar-refractivity contribution is 0.572. The molecule has 0 saturated carbocycles. The van der Waals surface area contributed by atoms with Crippen molar-refractivity contribution < 1.29 is 0 Å². The van der Waals surface area contributed by atoms with E-state index in [0.29, 0.717) is 5.69 Å². The van der Waals surface area contributed by atoms with Gasteiger partial charge in [0.05, 0.1) is 11.9 Å². The molecule has 1 aromatic heterocycles. The van der Waals surface area contributed by atoms with Crippen LogP contribution in [-0.4, -0.2) is 23.1 Å². The van der Waals surface area contributed by atoms with Gasteiger partial charge in [0, 0.05) is 18.7 Å². The second kappa shape index (κ2) is 5.70. The van der Waals surface area contributed by atoms with Crippen LogP contribution in [0.15, 0.2) is 36.5 Å². The highest BCUT2D eigenvalue weighted by molar-refractivity contribution is 5.62. The molecule has 4 nitrogen and oxygen atoms in total. The molecule has 0 aliphatic carbocycles. The van der Waals surface area contributed by atoms with Crippen LogP contribution in [0.2, 0.25) is 0 Å². The van der Waals surface area contributed by atoms with Crippen LogP contribution in [0.4, 0.5) is 5.82 Å². The largest absolute Gasteiger partial charge is 0.354 e. The molecule has 20 heavy (non-hydrogen) atoms. The van der Waals surface area contributed by atoms with Gasteiger partial charge in [-0.15, -0.1) is 0 Å². The lowest BCUT2D eigenvalue weighted by Gasteiger charge is -2.27. The van der Waals surface area contributed by atoms with Crippen molar-refractivity contribution in [1.82, 2.24) is 9.97 Å². The second-order valence-electron chi connectivity index (χ2n) is 4.95. The van der Waals surface area contributed by atoms with Crippen molar-refractivity contribution in [2.75, 3.05) is 18.0 Å². The molecule has 0 radical (unpaired) electrons. The Morgan fingerprint density at radius 1 is 1.05 bits per heavy atom. The van der Waals surface area contributed by atoms with Crippen molar-refractivity contribution in [3.05, 3.63) is 42.2 Å². The highest BCUT2D eigenvalue weighted by Gasteiger charge is 2.17. The SMILES string of the molecule is N#Cc1nc(-c2ccccc2)cnc1N1CCCCC1. The number of rotatable bonds is 2. The van der Waals surface area contributed by atoms with Gasteiger partial charge in [-0.3, -0.25) is 0 Å². The first-order valence-electron chi connectivity index (χ1n) is 6.96. The van der Waals surface area contributed by atoms with Crippen molar-refractivity contribution >= 4 is 5.82 Å². The number of hydrogen-bond acceptors (Lipinski definition) is 4. The number of nitriles is 1. The van der Waals surface area contributed by atoms with Gasteiger partial charge in [0.1, 0.15) is 6.07 Å². The summed E-state index contributed by atoms with van der Waals surface area (Å²) in [5, 5.41) is 9.34. The van der Waals surface area contributed by atoms with Crippen LogP contribution >= 0.6 is 0 Å². The molecule has 1 saturated heterocycles. The third-order valence-electron chi connectivity index (χ3n) is 3.58. The Morgan fingerprint density at radius 2 is 1.80 bits per heavy atom. The molecule has 2 aromatic rings. The van der Waals surface area contributed by atoms with Gasteiger partial charge >= 0.3 is 0 Å². The number of piperidine rings is 1. The minimum atomic E-state index is 0.424. The molecule has 0 spiro atoms. The predicted molar refractivity (Wildman–Crippen MR) is 78.2 cm³/mol. The van der Waals surface area contributed by atoms with Crippen molar-refractivity contribution in [2.24, 2.45) is 0 Å². The van der Waals surface area contributed by atoms with E-state index in [1.54, 1.807) is 6.20 Å². The van der Waals surface area contributed by atoms with E-state index in [4.69, 9.17) is 0 Å². The average molecular weight is 264 g/mol. The summed E-state index contributed by atoms with van der Waals surface area (Å²) < 4.78 is 0. The van der Waals surface area contributed by atoms with Crippen molar-refractivity contribution in [3.8, 4) is 17.3 Å². The smallest absolute Gasteiger partial charge is 0.183 e. The summed E-state index contributed by atoms with van der Waals surface area (Å²) >= 11 is 0. The van der Waals surface area contributed by atoms with E-state index in [1.807, 2.05) is 30.3 Å². The standard InChI is InChI=1S/C16H16N4/c17-11-14-16(20-9-5-2-6-10-20)18-12-15(19-14)13-7-3-1-4-8-13/h1,3-4,7-8,12H,2,5-6,9-10H2. The van der Waals surface area contributed by atoms with Crippen LogP contribution in [0.5, 0.6) is 0 Å². The monoisotopic (exact) mass is 264 g/mol. The summed E-state index contributed by atoms with van der Waals surface area (Å²) in [6.07, 6.45) is 5.34. The maximum absolute atomic E-state index is 9.34. The van der Waals surface area contributed by atoms with Gasteiger partial charge in [0.2, 0.25) is 0 Å². The van der Waals surface area contributed by atoms with E-state index < -0.39 is 0 Å². The second-order valence-corrected chi connectivity index (χ2v) is 4.95. The molecule has 1 aromatic carbocycles. The molecule has 0 amide bonds. The van der Waals surface area contributed by atoms with Gasteiger partial charge in [-0.05, 0) is 19.3 Å². The molecule has 1 fully saturated rings. The number of benzene rings is 1. The van der Waals surface area contributed by atoms with Gasteiger partial charge in [-0.1, -0.05) is 30.3 Å². The Balaban J connectivity index is 1.96. The van der Waals surface area contributed by atoms with Gasteiger partial charge in [-0.2, -0.15) is 5.26 Å². The minimum absolute atomic E-state index is 0.424. The Morgan fingerprint density at radius 3 is 2.50 bits per heavy atom. The maximum Gasteiger partial charge on any atom is 0.183 e. The van der Waals surface area contributed by atoms with Crippen LogP contribution < -0.4 is 4.90 Å². The Labute approximate surface area is 118 Å². The highest BCUT2D eigenvalue weighted by Crippen LogP contribution is 2.23. The molecule has 2 heterocycles. The quantitative estimate of drug-likeness (QED) is 0.836. The first-order chi connectivity index (χ1) is 9.88. The Hall–Kier alpha value is -2.41. The normalized spacial score (nSPS) is 14.8. The highest BCUT2D eigenvalue weighted by atomic mass is 15.2. The zero-order chi connectivity index (χ0) is 13.8. The van der Waals surface area contributed by atoms with Gasteiger partial charge < -0.3 is 4.90 Å². The minimum Gasteiger partial charge on any atom is -0.354 e. The Bertz CT molecular complexity index is 625. The molecular formula is C16H16N4. The van der Waals surface area contributed by atoms with Crippen LogP contribution in [0.25, 0.3) is 11.3 Å². The summed E-state index contributed by atoms with van der Waals surface area (Å²) in [6, 6.07) is 12.0. The van der Waals surface area contributed by atoms with Crippen molar-refractivity contribution in [2.45, 2.75) is 19.3 Å². The van der Waals surface area contributed by atoms with E-state index in [0.717, 1.165) is 43.0 Å². The molecule has 0 bridgehead atoms. The maximum atomic E-state index is 9.34. The summed E-state index contributed by atoms with van der Waals surface area (Å²) in [5.41, 5.74) is 2.16. The third kappa shape index (κ3) is 2.48. The molecule has 4 heteroatoms. The summed E-state index contributed by atoms with van der Waals surface area (Å²) in [5.74, 6) is 0.729. The molecular weight excluding hydrogens is 248 g/mol. The van der Waals surface area contributed by atoms with Gasteiger partial charge in [0.15, 0.2) is 11.5 Å². The predicted octanol–water partition coefficient (Wildman–Crippen LogP) is 3.01. The molecule has 100 valence electrons. The summed E-state index contributed by atoms with van der Waals surface area (Å²) in [6.45, 7) is 1.93. The van der Waals surface area contributed by atoms with E-state index >= 15 is 0 Å². The fourth-order valence-corrected chi connectivity index (χ4v) is 2.54.